The van der Waals surface area contributed by atoms with Crippen molar-refractivity contribution in [2.75, 3.05) is 12.3 Å². The highest BCUT2D eigenvalue weighted by molar-refractivity contribution is 7.91. The summed E-state index contributed by atoms with van der Waals surface area (Å²) in [4.78, 5) is 14.1. The van der Waals surface area contributed by atoms with E-state index < -0.39 is 9.84 Å². The van der Waals surface area contributed by atoms with Gasteiger partial charge in [0.15, 0.2) is 9.84 Å². The maximum atomic E-state index is 12.4. The second-order valence-electron chi connectivity index (χ2n) is 5.68. The number of rotatable bonds is 8. The quantitative estimate of drug-likeness (QED) is 0.722. The largest absolute Gasteiger partial charge is 0.467 e. The Morgan fingerprint density at radius 3 is 2.56 bits per heavy atom. The summed E-state index contributed by atoms with van der Waals surface area (Å²) in [5.74, 6) is 0.00541. The number of carbonyl (C=O) groups is 1. The Labute approximate surface area is 147 Å². The van der Waals surface area contributed by atoms with Crippen molar-refractivity contribution < 1.29 is 17.6 Å². The van der Waals surface area contributed by atoms with Gasteiger partial charge in [-0.05, 0) is 31.2 Å². The molecule has 0 aliphatic heterocycles. The van der Waals surface area contributed by atoms with Crippen molar-refractivity contribution >= 4 is 15.7 Å². The molecule has 25 heavy (non-hydrogen) atoms. The lowest BCUT2D eigenvalue weighted by molar-refractivity contribution is -0.131. The van der Waals surface area contributed by atoms with Crippen molar-refractivity contribution in [3.05, 3.63) is 54.0 Å². The van der Waals surface area contributed by atoms with Crippen LogP contribution in [0.3, 0.4) is 0 Å². The number of amides is 1. The van der Waals surface area contributed by atoms with Crippen molar-refractivity contribution in [2.45, 2.75) is 31.2 Å². The van der Waals surface area contributed by atoms with Crippen molar-refractivity contribution in [2.24, 2.45) is 0 Å². The van der Waals surface area contributed by atoms with Crippen LogP contribution in [0.15, 0.2) is 52.0 Å². The molecule has 0 fully saturated rings. The van der Waals surface area contributed by atoms with Gasteiger partial charge in [-0.1, -0.05) is 17.7 Å². The Morgan fingerprint density at radius 1 is 1.24 bits per heavy atom. The number of furan rings is 1. The molecule has 0 bridgehead atoms. The Bertz CT molecular complexity index is 834. The van der Waals surface area contributed by atoms with Crippen molar-refractivity contribution in [3.63, 3.8) is 0 Å². The SMILES string of the molecule is Cc1ccc(S(=O)(=O)CCC(=O)N(CCC#N)Cc2ccco2)cc1. The monoisotopic (exact) mass is 360 g/mol. The van der Waals surface area contributed by atoms with Crippen LogP contribution in [0.25, 0.3) is 0 Å². The van der Waals surface area contributed by atoms with Crippen LogP contribution in [0.4, 0.5) is 0 Å². The lowest BCUT2D eigenvalue weighted by atomic mass is 10.2. The molecule has 0 unspecified atom stereocenters. The summed E-state index contributed by atoms with van der Waals surface area (Å²) in [6.07, 6.45) is 1.55. The van der Waals surface area contributed by atoms with E-state index in [0.29, 0.717) is 5.76 Å². The van der Waals surface area contributed by atoms with E-state index >= 15 is 0 Å². The first kappa shape index (κ1) is 18.7. The third-order valence-electron chi connectivity index (χ3n) is 3.74. The summed E-state index contributed by atoms with van der Waals surface area (Å²) in [6.45, 7) is 2.33. The lowest BCUT2D eigenvalue weighted by Crippen LogP contribution is -2.32. The molecule has 0 aliphatic carbocycles. The van der Waals surface area contributed by atoms with Gasteiger partial charge in [-0.3, -0.25) is 4.79 Å². The summed E-state index contributed by atoms with van der Waals surface area (Å²) < 4.78 is 29.9. The molecule has 7 heteroatoms. The maximum Gasteiger partial charge on any atom is 0.224 e. The second-order valence-corrected chi connectivity index (χ2v) is 7.79. The first-order valence-corrected chi connectivity index (χ1v) is 9.54. The van der Waals surface area contributed by atoms with Crippen LogP contribution < -0.4 is 0 Å². The van der Waals surface area contributed by atoms with Gasteiger partial charge in [0.25, 0.3) is 0 Å². The van der Waals surface area contributed by atoms with E-state index in [1.165, 1.54) is 11.2 Å². The Kier molecular flexibility index (Phi) is 6.37. The fraction of sp³-hybridized carbons (Fsp3) is 0.333. The van der Waals surface area contributed by atoms with Gasteiger partial charge in [0, 0.05) is 13.0 Å². The highest BCUT2D eigenvalue weighted by Crippen LogP contribution is 2.14. The molecule has 132 valence electrons. The number of hydrogen-bond acceptors (Lipinski definition) is 5. The van der Waals surface area contributed by atoms with Crippen LogP contribution in [-0.4, -0.2) is 31.5 Å². The molecule has 1 aromatic carbocycles. The molecule has 1 amide bonds. The minimum absolute atomic E-state index is 0.137. The number of sulfone groups is 1. The molecule has 0 spiro atoms. The third-order valence-corrected chi connectivity index (χ3v) is 5.47. The summed E-state index contributed by atoms with van der Waals surface area (Å²) in [5.41, 5.74) is 0.969. The normalized spacial score (nSPS) is 11.0. The predicted molar refractivity (Wildman–Crippen MR) is 92.2 cm³/mol. The Balaban J connectivity index is 2.01. The van der Waals surface area contributed by atoms with Crippen LogP contribution in [-0.2, 0) is 21.2 Å². The highest BCUT2D eigenvalue weighted by atomic mass is 32.2. The van der Waals surface area contributed by atoms with Crippen molar-refractivity contribution in [1.29, 1.82) is 5.26 Å². The molecule has 1 aromatic heterocycles. The van der Waals surface area contributed by atoms with E-state index in [2.05, 4.69) is 0 Å². The van der Waals surface area contributed by atoms with Gasteiger partial charge in [-0.15, -0.1) is 0 Å². The van der Waals surface area contributed by atoms with Gasteiger partial charge < -0.3 is 9.32 Å². The van der Waals surface area contributed by atoms with E-state index in [1.54, 1.807) is 36.4 Å². The van der Waals surface area contributed by atoms with E-state index in [0.717, 1.165) is 5.56 Å². The molecule has 0 atom stereocenters. The smallest absolute Gasteiger partial charge is 0.224 e. The number of carbonyl (C=O) groups excluding carboxylic acids is 1. The molecule has 0 saturated heterocycles. The number of benzene rings is 1. The van der Waals surface area contributed by atoms with Gasteiger partial charge in [-0.2, -0.15) is 5.26 Å². The minimum Gasteiger partial charge on any atom is -0.467 e. The van der Waals surface area contributed by atoms with Gasteiger partial charge in [0.05, 0.1) is 35.9 Å². The van der Waals surface area contributed by atoms with Crippen LogP contribution >= 0.6 is 0 Å². The standard InChI is InChI=1S/C18H20N2O4S/c1-15-5-7-17(8-6-15)25(22,23)13-9-18(21)20(11-3-10-19)14-16-4-2-12-24-16/h2,4-8,12H,3,9,11,13-14H2,1H3. The average Bonchev–Trinajstić information content (AvgIpc) is 3.10. The van der Waals surface area contributed by atoms with E-state index in [1.807, 2.05) is 13.0 Å². The molecule has 1 heterocycles. The minimum atomic E-state index is -3.52. The molecule has 2 rings (SSSR count). The number of nitrogens with zero attached hydrogens (tertiary/aromatic N) is 2. The fourth-order valence-electron chi connectivity index (χ4n) is 2.31. The van der Waals surface area contributed by atoms with Gasteiger partial charge in [-0.25, -0.2) is 8.42 Å². The van der Waals surface area contributed by atoms with Crippen molar-refractivity contribution in [1.82, 2.24) is 4.90 Å². The fourth-order valence-corrected chi connectivity index (χ4v) is 3.54. The van der Waals surface area contributed by atoms with Crippen LogP contribution in [0.2, 0.25) is 0 Å². The molecule has 0 N–H and O–H groups in total. The summed E-state index contributed by atoms with van der Waals surface area (Å²) >= 11 is 0. The Morgan fingerprint density at radius 2 is 1.96 bits per heavy atom. The van der Waals surface area contributed by atoms with Crippen LogP contribution in [0.1, 0.15) is 24.2 Å². The molecular weight excluding hydrogens is 340 g/mol. The molecular formula is C18H20N2O4S. The predicted octanol–water partition coefficient (Wildman–Crippen LogP) is 2.69. The Hall–Kier alpha value is -2.59. The van der Waals surface area contributed by atoms with Crippen LogP contribution in [0.5, 0.6) is 0 Å². The topological polar surface area (TPSA) is 91.4 Å². The van der Waals surface area contributed by atoms with Gasteiger partial charge in [0.2, 0.25) is 5.91 Å². The zero-order valence-electron chi connectivity index (χ0n) is 14.0. The molecule has 2 aromatic rings. The second kappa shape index (κ2) is 8.49. The number of nitriles is 1. The van der Waals surface area contributed by atoms with E-state index in [-0.39, 0.29) is 42.5 Å². The summed E-state index contributed by atoms with van der Waals surface area (Å²) in [7, 11) is -3.52. The molecule has 6 nitrogen and oxygen atoms in total. The highest BCUT2D eigenvalue weighted by Gasteiger charge is 2.20. The lowest BCUT2D eigenvalue weighted by Gasteiger charge is -2.20. The molecule has 0 aliphatic rings. The molecule has 0 saturated carbocycles. The third kappa shape index (κ3) is 5.47. The van der Waals surface area contributed by atoms with E-state index in [9.17, 15) is 13.2 Å². The zero-order chi connectivity index (χ0) is 18.3. The van der Waals surface area contributed by atoms with E-state index in [4.69, 9.17) is 9.68 Å². The zero-order valence-corrected chi connectivity index (χ0v) is 14.8. The summed E-state index contributed by atoms with van der Waals surface area (Å²) in [5, 5.41) is 8.75. The average molecular weight is 360 g/mol. The number of hydrogen-bond donors (Lipinski definition) is 0. The molecule has 0 radical (unpaired) electrons. The van der Waals surface area contributed by atoms with Gasteiger partial charge in [0.1, 0.15) is 5.76 Å². The first-order chi connectivity index (χ1) is 11.9. The maximum absolute atomic E-state index is 12.4. The first-order valence-electron chi connectivity index (χ1n) is 7.89. The number of aryl methyl sites for hydroxylation is 1. The van der Waals surface area contributed by atoms with Gasteiger partial charge >= 0.3 is 0 Å². The van der Waals surface area contributed by atoms with Crippen molar-refractivity contribution in [3.8, 4) is 6.07 Å². The summed E-state index contributed by atoms with van der Waals surface area (Å²) in [6, 6.07) is 12.0. The van der Waals surface area contributed by atoms with Crippen LogP contribution in [0, 0.1) is 18.3 Å².